The molecule has 9 nitrogen and oxygen atoms in total. The summed E-state index contributed by atoms with van der Waals surface area (Å²) in [7, 11) is -3.44. The third kappa shape index (κ3) is 3.79. The molecule has 0 unspecified atom stereocenters. The molecule has 0 spiro atoms. The highest BCUT2D eigenvalue weighted by Gasteiger charge is 2.15. The van der Waals surface area contributed by atoms with E-state index in [1.54, 1.807) is 18.6 Å². The van der Waals surface area contributed by atoms with Crippen LogP contribution in [-0.4, -0.2) is 45.0 Å². The number of nitrogens with one attached hydrogen (secondary N) is 2. The minimum atomic E-state index is -3.44. The highest BCUT2D eigenvalue weighted by atomic mass is 32.2. The molecule has 158 valence electrons. The molecular formula is C22H17N7O2S. The highest BCUT2D eigenvalue weighted by Crippen LogP contribution is 2.34. The fourth-order valence-corrected chi connectivity index (χ4v) is 4.32. The van der Waals surface area contributed by atoms with Crippen LogP contribution in [0.4, 0.5) is 11.4 Å². The van der Waals surface area contributed by atoms with Gasteiger partial charge in [-0.25, -0.2) is 8.42 Å². The van der Waals surface area contributed by atoms with Gasteiger partial charge in [0.15, 0.2) is 9.84 Å². The molecule has 0 aliphatic heterocycles. The summed E-state index contributed by atoms with van der Waals surface area (Å²) >= 11 is 0. The zero-order valence-corrected chi connectivity index (χ0v) is 17.7. The Balaban J connectivity index is 1.65. The van der Waals surface area contributed by atoms with Gasteiger partial charge in [-0.3, -0.25) is 15.0 Å². The second-order valence-corrected chi connectivity index (χ2v) is 9.14. The molecule has 5 rings (SSSR count). The Kier molecular flexibility index (Phi) is 4.83. The Morgan fingerprint density at radius 3 is 2.59 bits per heavy atom. The highest BCUT2D eigenvalue weighted by molar-refractivity contribution is 7.90. The summed E-state index contributed by atoms with van der Waals surface area (Å²) < 4.78 is 24.4. The van der Waals surface area contributed by atoms with Gasteiger partial charge in [-0.15, -0.1) is 0 Å². The SMILES string of the molecule is CS(=O)(=O)c1ccncc1Nc1cc(-c2cccc(-c3cn[nH]n3)c2)c2nccnc2c1. The molecule has 0 amide bonds. The number of rotatable bonds is 5. The van der Waals surface area contributed by atoms with Crippen LogP contribution in [-0.2, 0) is 9.84 Å². The Hall–Kier alpha value is -4.18. The van der Waals surface area contributed by atoms with Crippen LogP contribution in [0.5, 0.6) is 0 Å². The van der Waals surface area contributed by atoms with E-state index in [9.17, 15) is 8.42 Å². The fraction of sp³-hybridized carbons (Fsp3) is 0.0455. The van der Waals surface area contributed by atoms with Crippen molar-refractivity contribution >= 4 is 32.2 Å². The van der Waals surface area contributed by atoms with Crippen molar-refractivity contribution in [2.24, 2.45) is 0 Å². The molecule has 0 radical (unpaired) electrons. The van der Waals surface area contributed by atoms with Crippen molar-refractivity contribution in [2.75, 3.05) is 11.6 Å². The summed E-state index contributed by atoms with van der Waals surface area (Å²) in [5.41, 5.74) is 5.83. The predicted octanol–water partition coefficient (Wildman–Crippen LogP) is 3.62. The molecule has 32 heavy (non-hydrogen) atoms. The van der Waals surface area contributed by atoms with E-state index in [1.165, 1.54) is 24.7 Å². The van der Waals surface area contributed by atoms with Crippen LogP contribution in [0.25, 0.3) is 33.4 Å². The van der Waals surface area contributed by atoms with E-state index in [-0.39, 0.29) is 4.90 Å². The maximum absolute atomic E-state index is 12.2. The third-order valence-corrected chi connectivity index (χ3v) is 6.07. The van der Waals surface area contributed by atoms with Gasteiger partial charge in [0.2, 0.25) is 0 Å². The number of pyridine rings is 1. The van der Waals surface area contributed by atoms with Crippen LogP contribution in [0.3, 0.4) is 0 Å². The molecule has 0 fully saturated rings. The Labute approximate surface area is 183 Å². The van der Waals surface area contributed by atoms with E-state index in [0.29, 0.717) is 16.9 Å². The molecular weight excluding hydrogens is 426 g/mol. The normalized spacial score (nSPS) is 11.5. The quantitative estimate of drug-likeness (QED) is 0.422. The van der Waals surface area contributed by atoms with Crippen molar-refractivity contribution in [3.63, 3.8) is 0 Å². The summed E-state index contributed by atoms with van der Waals surface area (Å²) in [5, 5.41) is 13.8. The fourth-order valence-electron chi connectivity index (χ4n) is 3.51. The van der Waals surface area contributed by atoms with Gasteiger partial charge < -0.3 is 5.32 Å². The average Bonchev–Trinajstić information content (AvgIpc) is 3.33. The number of nitrogens with zero attached hydrogens (tertiary/aromatic N) is 5. The average molecular weight is 443 g/mol. The summed E-state index contributed by atoms with van der Waals surface area (Å²) in [6, 6.07) is 13.1. The number of anilines is 2. The topological polar surface area (TPSA) is 126 Å². The van der Waals surface area contributed by atoms with Gasteiger partial charge in [0.25, 0.3) is 0 Å². The number of aromatic nitrogens is 6. The molecule has 3 heterocycles. The van der Waals surface area contributed by atoms with E-state index in [2.05, 4.69) is 35.7 Å². The first-order valence-electron chi connectivity index (χ1n) is 9.61. The zero-order valence-electron chi connectivity index (χ0n) is 16.9. The molecule has 0 aliphatic rings. The van der Waals surface area contributed by atoms with Crippen molar-refractivity contribution in [1.82, 2.24) is 30.4 Å². The Bertz CT molecular complexity index is 1530. The number of hydrogen-bond acceptors (Lipinski definition) is 8. The number of fused-ring (bicyclic) bond motifs is 1. The van der Waals surface area contributed by atoms with Gasteiger partial charge in [0.1, 0.15) is 5.69 Å². The first kappa shape index (κ1) is 19.8. The van der Waals surface area contributed by atoms with Gasteiger partial charge in [-0.05, 0) is 29.8 Å². The molecule has 2 N–H and O–H groups in total. The first-order valence-corrected chi connectivity index (χ1v) is 11.5. The Morgan fingerprint density at radius 1 is 0.938 bits per heavy atom. The number of H-pyrrole nitrogens is 1. The van der Waals surface area contributed by atoms with Crippen molar-refractivity contribution < 1.29 is 8.42 Å². The van der Waals surface area contributed by atoms with Gasteiger partial charge in [-0.2, -0.15) is 15.4 Å². The summed E-state index contributed by atoms with van der Waals surface area (Å²) in [5.74, 6) is 0. The first-order chi connectivity index (χ1) is 15.5. The van der Waals surface area contributed by atoms with Crippen molar-refractivity contribution in [2.45, 2.75) is 4.90 Å². The smallest absolute Gasteiger partial charge is 0.177 e. The summed E-state index contributed by atoms with van der Waals surface area (Å²) in [6.45, 7) is 0. The largest absolute Gasteiger partial charge is 0.353 e. The van der Waals surface area contributed by atoms with Crippen LogP contribution >= 0.6 is 0 Å². The monoisotopic (exact) mass is 443 g/mol. The molecule has 3 aromatic heterocycles. The lowest BCUT2D eigenvalue weighted by Gasteiger charge is -2.13. The predicted molar refractivity (Wildman–Crippen MR) is 121 cm³/mol. The standard InChI is InChI=1S/C22H17N7O2S/c1-32(30,31)21-5-6-23-12-20(21)27-16-10-17(22-18(11-16)24-7-8-25-22)14-3-2-4-15(9-14)19-13-26-29-28-19/h2-13,27H,1H3,(H,26,28,29). The Morgan fingerprint density at radius 2 is 1.78 bits per heavy atom. The number of aromatic amines is 1. The van der Waals surface area contributed by atoms with Gasteiger partial charge in [0, 0.05) is 41.7 Å². The maximum Gasteiger partial charge on any atom is 0.177 e. The van der Waals surface area contributed by atoms with E-state index in [0.717, 1.165) is 27.9 Å². The van der Waals surface area contributed by atoms with Gasteiger partial charge >= 0.3 is 0 Å². The summed E-state index contributed by atoms with van der Waals surface area (Å²) in [4.78, 5) is 13.2. The van der Waals surface area contributed by atoms with Gasteiger partial charge in [-0.1, -0.05) is 18.2 Å². The van der Waals surface area contributed by atoms with E-state index >= 15 is 0 Å². The summed E-state index contributed by atoms with van der Waals surface area (Å²) in [6.07, 6.45) is 9.03. The number of sulfone groups is 1. The lowest BCUT2D eigenvalue weighted by molar-refractivity contribution is 0.602. The lowest BCUT2D eigenvalue weighted by atomic mass is 9.99. The molecule has 2 aromatic carbocycles. The second-order valence-electron chi connectivity index (χ2n) is 7.15. The molecule has 0 saturated carbocycles. The lowest BCUT2D eigenvalue weighted by Crippen LogP contribution is -2.03. The van der Waals surface area contributed by atoms with E-state index < -0.39 is 9.84 Å². The minimum Gasteiger partial charge on any atom is -0.353 e. The van der Waals surface area contributed by atoms with Crippen molar-refractivity contribution in [1.29, 1.82) is 0 Å². The molecule has 0 aliphatic carbocycles. The van der Waals surface area contributed by atoms with Crippen molar-refractivity contribution in [3.05, 3.63) is 73.4 Å². The minimum absolute atomic E-state index is 0.168. The zero-order chi connectivity index (χ0) is 22.1. The number of benzene rings is 2. The van der Waals surface area contributed by atoms with Crippen LogP contribution in [0, 0.1) is 0 Å². The molecule has 0 bridgehead atoms. The molecule has 5 aromatic rings. The van der Waals surface area contributed by atoms with Crippen LogP contribution in [0.1, 0.15) is 0 Å². The molecule has 0 saturated heterocycles. The van der Waals surface area contributed by atoms with Crippen LogP contribution in [0.15, 0.2) is 78.3 Å². The molecule has 0 atom stereocenters. The van der Waals surface area contributed by atoms with Crippen LogP contribution in [0.2, 0.25) is 0 Å². The molecule has 10 heteroatoms. The van der Waals surface area contributed by atoms with Gasteiger partial charge in [0.05, 0.1) is 34.0 Å². The third-order valence-electron chi connectivity index (χ3n) is 4.92. The van der Waals surface area contributed by atoms with Crippen LogP contribution < -0.4 is 5.32 Å². The van der Waals surface area contributed by atoms with Crippen molar-refractivity contribution in [3.8, 4) is 22.4 Å². The maximum atomic E-state index is 12.2. The number of hydrogen-bond donors (Lipinski definition) is 2. The van der Waals surface area contributed by atoms with E-state index in [1.807, 2.05) is 36.4 Å². The second kappa shape index (κ2) is 7.82. The van der Waals surface area contributed by atoms with E-state index in [4.69, 9.17) is 0 Å².